The fourth-order valence-corrected chi connectivity index (χ4v) is 14.6. The molecule has 0 aliphatic carbocycles. The Morgan fingerprint density at radius 2 is 0.336 bits per heavy atom. The summed E-state index contributed by atoms with van der Waals surface area (Å²) in [5, 5.41) is 265. The second kappa shape index (κ2) is 47.4. The predicted octanol–water partition coefficient (Wildman–Crippen LogP) is -13.5. The molecule has 0 aromatic carbocycles. The first kappa shape index (κ1) is 101. The van der Waals surface area contributed by atoms with Crippen LogP contribution in [-0.2, 0) is 114 Å². The smallest absolute Gasteiger partial charge is 0.187 e. The summed E-state index contributed by atoms with van der Waals surface area (Å²) in [5.41, 5.74) is 0. The molecule has 19 aliphatic rings. The van der Waals surface area contributed by atoms with Gasteiger partial charge in [-0.2, -0.15) is 0 Å². The fourth-order valence-electron chi connectivity index (χ4n) is 14.6. The molecule has 19 aliphatic heterocycles. The molecule has 0 radical (unpaired) electrons. The highest BCUT2D eigenvalue weighted by Crippen LogP contribution is 2.41. The Balaban J connectivity index is 1.10. The summed E-state index contributed by atoms with van der Waals surface area (Å²) in [7, 11) is 0. The number of ether oxygens (including phenoxy) is 24. The van der Waals surface area contributed by atoms with E-state index in [1.54, 1.807) is 0 Å². The van der Waals surface area contributed by atoms with Gasteiger partial charge in [-0.1, -0.05) is 0 Å². The molecule has 47 atom stereocenters. The van der Waals surface area contributed by atoms with E-state index >= 15 is 0 Å². The largest absolute Gasteiger partial charge is 0.391 e. The lowest BCUT2D eigenvalue weighted by Crippen LogP contribution is -2.68. The highest BCUT2D eigenvalue weighted by molar-refractivity contribution is 5.03. The highest BCUT2D eigenvalue weighted by Gasteiger charge is 2.61. The van der Waals surface area contributed by atoms with Crippen LogP contribution in [0, 0.1) is 0 Å². The van der Waals surface area contributed by atoms with E-state index < -0.39 is 387 Å². The first-order chi connectivity index (χ1) is 56.3. The van der Waals surface area contributed by atoms with Gasteiger partial charge in [0.25, 0.3) is 0 Å². The molecule has 19 heterocycles. The van der Waals surface area contributed by atoms with Crippen molar-refractivity contribution in [1.82, 2.24) is 0 Å². The van der Waals surface area contributed by atoms with Crippen molar-refractivity contribution in [2.75, 3.05) is 112 Å². The summed E-state index contributed by atoms with van der Waals surface area (Å²) in [4.78, 5) is 0. The molecule has 16 bridgehead atoms. The van der Waals surface area contributed by atoms with Gasteiger partial charge in [-0.05, 0) is 55.4 Å². The summed E-state index contributed by atoms with van der Waals surface area (Å²) >= 11 is 0. The topological polar surface area (TPSA) is 687 Å². The summed E-state index contributed by atoms with van der Waals surface area (Å²) in [6.45, 7) is 2.32. The minimum Gasteiger partial charge on any atom is -0.391 e. The maximum absolute atomic E-state index is 12.5. The zero-order valence-corrected chi connectivity index (χ0v) is 67.2. The first-order valence-corrected chi connectivity index (χ1v) is 40.0. The van der Waals surface area contributed by atoms with E-state index in [0.717, 1.165) is 0 Å². The molecule has 47 heteroatoms. The quantitative estimate of drug-likeness (QED) is 0.0297. The van der Waals surface area contributed by atoms with Crippen LogP contribution in [0.5, 0.6) is 0 Å². The lowest BCUT2D eigenvalue weighted by molar-refractivity contribution is -0.399. The summed E-state index contributed by atoms with van der Waals surface area (Å²) in [5.74, 6) is 0. The SMILES string of the molecule is CC(O)COC[C@@H]1OC[C@H]2O[C@@H]3[C@@H](O)[C@H](O)[C@H](O[C@@H]4[C@@H](O)[C@H](O)[C@H](O[C@@H]5[C@@H](O)[C@H](O)[C@H](O[C@@H]6[C@@H](O)[C@H](O)[C@H](O[C@@H]7[C@@H](O)[C@H](O)[C@H](O[C@@H]8[C@@H](O)[C@H](O)[C@H](O[C@@H]9[C@@H](O)[C@H](O)[C@H](O[C@@H]1[C@H]2O)O[C@H]9COCC(C)O)O[C@H]8COCC(C)O)O[C@H]7COCC(C)O)O[C@H]6COCC(C)O)O[C@H]5COCC(C)O)O[C@H]4COCC(C)O)O[C@H]3COCC(C)O. The van der Waals surface area contributed by atoms with Gasteiger partial charge >= 0.3 is 0 Å². The fraction of sp³-hybridized carbons (Fsp3) is 1.00. The Morgan fingerprint density at radius 1 is 0.193 bits per heavy atom. The Morgan fingerprint density at radius 3 is 0.496 bits per heavy atom. The molecule has 19 rings (SSSR count). The Labute approximate surface area is 685 Å². The Hall–Kier alpha value is -1.88. The van der Waals surface area contributed by atoms with Crippen molar-refractivity contribution < 1.29 is 231 Å². The molecule has 47 nitrogen and oxygen atoms in total. The molecule has 0 aromatic heterocycles. The minimum absolute atomic E-state index is 0.299. The summed E-state index contributed by atoms with van der Waals surface area (Å²) in [6.07, 6.45) is -86.6. The van der Waals surface area contributed by atoms with Crippen LogP contribution in [0.2, 0.25) is 0 Å². The normalized spacial score (nSPS) is 45.7. The van der Waals surface area contributed by atoms with Crippen LogP contribution in [0.4, 0.5) is 0 Å². The molecule has 23 N–H and O–H groups in total. The van der Waals surface area contributed by atoms with Crippen LogP contribution in [0.25, 0.3) is 0 Å². The van der Waals surface area contributed by atoms with E-state index in [1.807, 2.05) is 0 Å². The van der Waals surface area contributed by atoms with Crippen molar-refractivity contribution in [2.24, 2.45) is 0 Å². The van der Waals surface area contributed by atoms with Crippen molar-refractivity contribution in [1.29, 1.82) is 0 Å². The van der Waals surface area contributed by atoms with Crippen LogP contribution in [0.15, 0.2) is 0 Å². The van der Waals surface area contributed by atoms with Crippen molar-refractivity contribution in [3.63, 3.8) is 0 Å². The number of fused-ring (bicyclic) bond motifs is 1. The van der Waals surface area contributed by atoms with Gasteiger partial charge in [-0.3, -0.25) is 0 Å². The van der Waals surface area contributed by atoms with Gasteiger partial charge in [0.15, 0.2) is 44.0 Å². The van der Waals surface area contributed by atoms with Crippen LogP contribution < -0.4 is 0 Å². The van der Waals surface area contributed by atoms with E-state index in [4.69, 9.17) is 114 Å². The third-order valence-corrected chi connectivity index (χ3v) is 20.5. The van der Waals surface area contributed by atoms with Gasteiger partial charge in [0.2, 0.25) is 0 Å². The maximum Gasteiger partial charge on any atom is 0.187 e. The lowest BCUT2D eigenvalue weighted by Gasteiger charge is -2.50. The molecule has 19 saturated heterocycles. The number of hydrogen-bond acceptors (Lipinski definition) is 47. The van der Waals surface area contributed by atoms with Crippen LogP contribution in [-0.4, -0.2) is 518 Å². The van der Waals surface area contributed by atoms with E-state index in [-0.39, 0.29) is 13.2 Å². The van der Waals surface area contributed by atoms with Gasteiger partial charge in [-0.25, -0.2) is 0 Å². The monoisotopic (exact) mass is 1740 g/mol. The van der Waals surface area contributed by atoms with Gasteiger partial charge in [-0.15, -0.1) is 0 Å². The Kier molecular flexibility index (Phi) is 40.2. The van der Waals surface area contributed by atoms with Crippen LogP contribution >= 0.6 is 0 Å². The van der Waals surface area contributed by atoms with Crippen LogP contribution in [0.1, 0.15) is 55.4 Å². The molecule has 8 unspecified atom stereocenters. The standard InChI is InChI=1S/C72H128O47/c1-26(73)9-96-17-35-58-43(81)34(25-104-35)105-59-36(18-97-10-27(2)74)106-67(51(89)44(59)82)114-61-38(20-99-12-29(4)76)108-69(53(91)46(61)84)116-63-40(22-101-14-31(6)78)110-71(55(93)48(63)86)118-65-42(24-103-16-33(8)80)112-72(57(95)50(65)88)119-64-41(23-102-15-32(7)79)111-70(56(94)49(64)87)117-62-39(21-100-13-30(5)77)109-68(54(92)47(62)85)115-60-37(19-98-11-28(3)75)107-66(113-58)52(90)45(60)83/h26-95H,9-25H2,1-8H3/t26?,27?,28?,29?,30?,31?,32?,33?,34-,35+,36+,37+,38+,39+,40+,41+,42+,43+,44+,45+,46+,47+,48+,49+,50+,51+,52+,53+,54+,55+,56+,57+,58+,59+,60+,61+,62+,63+,64+,65+,66+,67+,68+,69+,70+,71+,72+/m1/s1. The lowest BCUT2D eigenvalue weighted by atomic mass is 9.94. The maximum atomic E-state index is 12.5. The van der Waals surface area contributed by atoms with Gasteiger partial charge in [0.1, 0.15) is 195 Å². The number of aliphatic hydroxyl groups excluding tert-OH is 23. The Bertz CT molecular complexity index is 2800. The van der Waals surface area contributed by atoms with E-state index in [2.05, 4.69) is 0 Å². The zero-order valence-electron chi connectivity index (χ0n) is 67.2. The molecule has 0 saturated carbocycles. The third-order valence-electron chi connectivity index (χ3n) is 20.5. The highest BCUT2D eigenvalue weighted by atomic mass is 16.8. The number of aliphatic hydroxyl groups is 23. The molecule has 119 heavy (non-hydrogen) atoms. The molecule has 698 valence electrons. The second-order valence-corrected chi connectivity index (χ2v) is 32.0. The predicted molar refractivity (Wildman–Crippen MR) is 383 cm³/mol. The second-order valence-electron chi connectivity index (χ2n) is 32.0. The molecule has 19 fully saturated rings. The van der Waals surface area contributed by atoms with Crippen molar-refractivity contribution >= 4 is 0 Å². The third kappa shape index (κ3) is 27.4. The van der Waals surface area contributed by atoms with Gasteiger partial charge in [0.05, 0.1) is 161 Å². The summed E-state index contributed by atoms with van der Waals surface area (Å²) < 4.78 is 146. The number of hydrogen-bond donors (Lipinski definition) is 23. The average Bonchev–Trinajstić information content (AvgIpc) is 0.783. The first-order valence-electron chi connectivity index (χ1n) is 40.0. The van der Waals surface area contributed by atoms with Crippen LogP contribution in [0.3, 0.4) is 0 Å². The zero-order chi connectivity index (χ0) is 87.1. The molecular weight excluding hydrogens is 1620 g/mol. The van der Waals surface area contributed by atoms with Crippen molar-refractivity contribution in [2.45, 2.75) is 344 Å². The minimum atomic E-state index is -2.28. The summed E-state index contributed by atoms with van der Waals surface area (Å²) in [6, 6.07) is 0. The molecular formula is C72H128O47. The van der Waals surface area contributed by atoms with Gasteiger partial charge in [0, 0.05) is 0 Å². The molecule has 0 aromatic rings. The van der Waals surface area contributed by atoms with E-state index in [9.17, 15) is 117 Å². The molecule has 0 spiro atoms. The average molecular weight is 1750 g/mol. The number of rotatable bonds is 32. The van der Waals surface area contributed by atoms with E-state index in [1.165, 1.54) is 55.4 Å². The van der Waals surface area contributed by atoms with Crippen molar-refractivity contribution in [3.05, 3.63) is 0 Å². The van der Waals surface area contributed by atoms with Gasteiger partial charge < -0.3 is 231 Å². The molecule has 0 amide bonds. The van der Waals surface area contributed by atoms with Crippen molar-refractivity contribution in [3.8, 4) is 0 Å². The van der Waals surface area contributed by atoms with E-state index in [0.29, 0.717) is 0 Å².